The Bertz CT molecular complexity index is 892. The van der Waals surface area contributed by atoms with E-state index in [0.29, 0.717) is 38.8 Å². The van der Waals surface area contributed by atoms with Crippen molar-refractivity contribution >= 4 is 35.5 Å². The third-order valence-corrected chi connectivity index (χ3v) is 6.67. The van der Waals surface area contributed by atoms with E-state index < -0.39 is 53.9 Å². The van der Waals surface area contributed by atoms with Gasteiger partial charge in [-0.05, 0) is 45.4 Å². The highest BCUT2D eigenvalue weighted by atomic mass is 16.3. The number of nitrogens with one attached hydrogen (secondary N) is 4. The molecule has 9 N–H and O–H groups in total. The lowest BCUT2D eigenvalue weighted by atomic mass is 9.96. The van der Waals surface area contributed by atoms with Crippen molar-refractivity contribution in [2.75, 3.05) is 19.6 Å². The second-order valence-electron chi connectivity index (χ2n) is 9.88. The number of aliphatic hydroxyl groups is 1. The summed E-state index contributed by atoms with van der Waals surface area (Å²) in [4.78, 5) is 69.5. The number of hydrogen-bond acceptors (Lipinski definition) is 7. The van der Waals surface area contributed by atoms with E-state index in [2.05, 4.69) is 26.3 Å². The summed E-state index contributed by atoms with van der Waals surface area (Å²) < 4.78 is 0. The van der Waals surface area contributed by atoms with Gasteiger partial charge in [-0.1, -0.05) is 20.3 Å². The molecule has 14 heteroatoms. The molecule has 0 aliphatic carbocycles. The van der Waals surface area contributed by atoms with Gasteiger partial charge in [0.05, 0.1) is 6.10 Å². The van der Waals surface area contributed by atoms with Crippen molar-refractivity contribution in [2.45, 2.75) is 97.0 Å². The molecule has 1 rings (SSSR count). The van der Waals surface area contributed by atoms with E-state index in [1.54, 1.807) is 13.8 Å². The van der Waals surface area contributed by atoms with Crippen molar-refractivity contribution in [3.8, 4) is 0 Å². The Morgan fingerprint density at radius 2 is 1.67 bits per heavy atom. The van der Waals surface area contributed by atoms with E-state index in [9.17, 15) is 29.1 Å². The van der Waals surface area contributed by atoms with Gasteiger partial charge in [0.15, 0.2) is 5.96 Å². The van der Waals surface area contributed by atoms with Gasteiger partial charge in [0.2, 0.25) is 29.5 Å². The average Bonchev–Trinajstić information content (AvgIpc) is 3.36. The van der Waals surface area contributed by atoms with Crippen molar-refractivity contribution in [1.82, 2.24) is 26.2 Å². The molecule has 1 aliphatic heterocycles. The number of rotatable bonds is 15. The number of likely N-dealkylation sites (tertiary alicyclic amines) is 1. The summed E-state index contributed by atoms with van der Waals surface area (Å²) in [6.45, 7) is 9.01. The first-order chi connectivity index (χ1) is 18.3. The molecule has 0 unspecified atom stereocenters. The second kappa shape index (κ2) is 16.5. The van der Waals surface area contributed by atoms with Crippen LogP contribution >= 0.6 is 0 Å². The molecule has 39 heavy (non-hydrogen) atoms. The van der Waals surface area contributed by atoms with Crippen molar-refractivity contribution in [3.05, 3.63) is 0 Å². The van der Waals surface area contributed by atoms with Crippen LogP contribution in [0.2, 0.25) is 0 Å². The number of hydrogen-bond donors (Lipinski definition) is 7. The first-order valence-electron chi connectivity index (χ1n) is 13.5. The van der Waals surface area contributed by atoms with Gasteiger partial charge in [-0.3, -0.25) is 29.0 Å². The summed E-state index contributed by atoms with van der Waals surface area (Å²) >= 11 is 0. The van der Waals surface area contributed by atoms with E-state index in [0.717, 1.165) is 0 Å². The summed E-state index contributed by atoms with van der Waals surface area (Å²) in [6.07, 6.45) is 1.05. The van der Waals surface area contributed by atoms with Crippen molar-refractivity contribution in [1.29, 1.82) is 0 Å². The molecule has 0 radical (unpaired) electrons. The fourth-order valence-corrected chi connectivity index (χ4v) is 4.39. The van der Waals surface area contributed by atoms with Crippen LogP contribution in [0.15, 0.2) is 4.99 Å². The Labute approximate surface area is 230 Å². The molecule has 1 aliphatic rings. The lowest BCUT2D eigenvalue weighted by Crippen LogP contribution is -2.60. The van der Waals surface area contributed by atoms with Gasteiger partial charge in [-0.25, -0.2) is 0 Å². The highest BCUT2D eigenvalue weighted by molar-refractivity contribution is 5.96. The van der Waals surface area contributed by atoms with E-state index in [1.807, 2.05) is 6.92 Å². The molecular weight excluding hydrogens is 508 g/mol. The predicted octanol–water partition coefficient (Wildman–Crippen LogP) is -1.93. The summed E-state index contributed by atoms with van der Waals surface area (Å²) in [6, 6.07) is -3.94. The van der Waals surface area contributed by atoms with E-state index in [-0.39, 0.29) is 30.8 Å². The molecule has 0 bridgehead atoms. The molecule has 0 spiro atoms. The molecule has 0 aromatic rings. The maximum absolute atomic E-state index is 13.6. The van der Waals surface area contributed by atoms with Crippen molar-refractivity contribution in [3.63, 3.8) is 0 Å². The minimum Gasteiger partial charge on any atom is -0.391 e. The number of aliphatic hydroxyl groups excluding tert-OH is 1. The number of amides is 5. The highest BCUT2D eigenvalue weighted by Gasteiger charge is 2.39. The molecule has 6 atom stereocenters. The number of likely N-dealkylation sites (N-methyl/N-ethyl adjacent to an activating group) is 1. The Hall–Kier alpha value is -3.42. The minimum absolute atomic E-state index is 0.0934. The molecule has 222 valence electrons. The van der Waals surface area contributed by atoms with Gasteiger partial charge < -0.3 is 42.7 Å². The maximum Gasteiger partial charge on any atom is 0.245 e. The molecule has 14 nitrogen and oxygen atoms in total. The Balaban J connectivity index is 3.18. The monoisotopic (exact) mass is 554 g/mol. The summed E-state index contributed by atoms with van der Waals surface area (Å²) in [5.74, 6) is -2.93. The van der Waals surface area contributed by atoms with Crippen LogP contribution in [0, 0.1) is 5.92 Å². The summed E-state index contributed by atoms with van der Waals surface area (Å²) in [7, 11) is 0. The number of guanidine groups is 1. The molecular formula is C25H46N8O6. The van der Waals surface area contributed by atoms with Gasteiger partial charge in [-0.2, -0.15) is 0 Å². The SMILES string of the molecule is CCNC(=O)[C@@H]1CCCN1C(=O)[C@H](CCCN=C(N)N)NC(=O)[C@H](NC(=O)[C@@H](NC(C)=O)[C@H](C)O)[C@@H](C)CC. The number of carbonyl (C=O) groups is 5. The van der Waals surface area contributed by atoms with Gasteiger partial charge >= 0.3 is 0 Å². The quantitative estimate of drug-likeness (QED) is 0.0684. The van der Waals surface area contributed by atoms with Crippen LogP contribution in [-0.4, -0.2) is 95.4 Å². The fourth-order valence-electron chi connectivity index (χ4n) is 4.39. The van der Waals surface area contributed by atoms with Crippen LogP contribution in [0.4, 0.5) is 0 Å². The number of aliphatic imine (C=N–C) groups is 1. The van der Waals surface area contributed by atoms with E-state index >= 15 is 0 Å². The van der Waals surface area contributed by atoms with E-state index in [1.165, 1.54) is 18.7 Å². The third kappa shape index (κ3) is 10.7. The summed E-state index contributed by atoms with van der Waals surface area (Å²) in [5.41, 5.74) is 10.8. The molecule has 0 aromatic heterocycles. The van der Waals surface area contributed by atoms with Crippen LogP contribution < -0.4 is 32.7 Å². The lowest BCUT2D eigenvalue weighted by Gasteiger charge is -2.31. The number of carbonyl (C=O) groups excluding carboxylic acids is 5. The van der Waals surface area contributed by atoms with Crippen LogP contribution in [0.1, 0.15) is 66.7 Å². The smallest absolute Gasteiger partial charge is 0.245 e. The Morgan fingerprint density at radius 3 is 2.21 bits per heavy atom. The zero-order valence-electron chi connectivity index (χ0n) is 23.7. The summed E-state index contributed by atoms with van der Waals surface area (Å²) in [5, 5.41) is 20.5. The Morgan fingerprint density at radius 1 is 1.03 bits per heavy atom. The van der Waals surface area contributed by atoms with Crippen LogP contribution in [0.25, 0.3) is 0 Å². The maximum atomic E-state index is 13.6. The predicted molar refractivity (Wildman–Crippen MR) is 146 cm³/mol. The van der Waals surface area contributed by atoms with Crippen molar-refractivity contribution in [2.24, 2.45) is 22.4 Å². The van der Waals surface area contributed by atoms with Crippen molar-refractivity contribution < 1.29 is 29.1 Å². The lowest BCUT2D eigenvalue weighted by molar-refractivity contribution is -0.142. The normalized spacial score (nSPS) is 18.6. The molecule has 1 fully saturated rings. The average molecular weight is 555 g/mol. The molecule has 1 heterocycles. The van der Waals surface area contributed by atoms with Crippen LogP contribution in [0.3, 0.4) is 0 Å². The van der Waals surface area contributed by atoms with Crippen LogP contribution in [-0.2, 0) is 24.0 Å². The first-order valence-corrected chi connectivity index (χ1v) is 13.5. The first kappa shape index (κ1) is 33.6. The zero-order valence-corrected chi connectivity index (χ0v) is 23.7. The largest absolute Gasteiger partial charge is 0.391 e. The van der Waals surface area contributed by atoms with Gasteiger partial charge in [-0.15, -0.1) is 0 Å². The fraction of sp³-hybridized carbons (Fsp3) is 0.760. The number of nitrogens with zero attached hydrogens (tertiary/aromatic N) is 2. The van der Waals surface area contributed by atoms with E-state index in [4.69, 9.17) is 11.5 Å². The highest BCUT2D eigenvalue weighted by Crippen LogP contribution is 2.20. The van der Waals surface area contributed by atoms with Gasteiger partial charge in [0.1, 0.15) is 24.2 Å². The standard InChI is InChI=1S/C25H46N8O6/c1-6-14(3)19(32-23(38)20(15(4)34)30-16(5)35)22(37)31-17(10-8-12-29-25(26)27)24(39)33-13-9-11-18(33)21(36)28-7-2/h14-15,17-20,34H,6-13H2,1-5H3,(H,28,36)(H,30,35)(H,31,37)(H,32,38)(H4,26,27,29)/t14-,15-,17-,18-,19+,20-/m0/s1. The minimum atomic E-state index is -1.26. The zero-order chi connectivity index (χ0) is 29.7. The second-order valence-corrected chi connectivity index (χ2v) is 9.88. The Kier molecular flexibility index (Phi) is 14.2. The van der Waals surface area contributed by atoms with Crippen LogP contribution in [0.5, 0.6) is 0 Å². The molecule has 0 aromatic carbocycles. The topological polar surface area (TPSA) is 221 Å². The number of nitrogens with two attached hydrogens (primary N) is 2. The van der Waals surface area contributed by atoms with Gasteiger partial charge in [0.25, 0.3) is 0 Å². The molecule has 5 amide bonds. The molecule has 0 saturated carbocycles. The molecule has 1 saturated heterocycles. The third-order valence-electron chi connectivity index (χ3n) is 6.67. The van der Waals surface area contributed by atoms with Gasteiger partial charge in [0, 0.05) is 26.6 Å².